The van der Waals surface area contributed by atoms with Crippen LogP contribution in [0.3, 0.4) is 0 Å². The lowest BCUT2D eigenvalue weighted by Crippen LogP contribution is -2.37. The molecule has 4 nitrogen and oxygen atoms in total. The Hall–Kier alpha value is -2.04. The van der Waals surface area contributed by atoms with Gasteiger partial charge in [-0.2, -0.15) is 0 Å². The number of hydrogen-bond acceptors (Lipinski definition) is 4. The Morgan fingerprint density at radius 1 is 1.05 bits per heavy atom. The minimum Gasteiger partial charge on any atom is -0.292 e. The second-order valence-corrected chi connectivity index (χ2v) is 5.25. The summed E-state index contributed by atoms with van der Waals surface area (Å²) in [5.41, 5.74) is 0.555. The summed E-state index contributed by atoms with van der Waals surface area (Å²) in [5.74, 6) is -0.565. The number of aliphatic imine (C=N–C) groups is 1. The van der Waals surface area contributed by atoms with Gasteiger partial charge in [0.05, 0.1) is 5.02 Å². The predicted molar refractivity (Wildman–Crippen MR) is 81.1 cm³/mol. The van der Waals surface area contributed by atoms with Crippen LogP contribution in [0.5, 0.6) is 0 Å². The smallest absolute Gasteiger partial charge is 0.210 e. The fourth-order valence-corrected chi connectivity index (χ4v) is 2.52. The van der Waals surface area contributed by atoms with Crippen LogP contribution in [0, 0.1) is 0 Å². The van der Waals surface area contributed by atoms with E-state index >= 15 is 0 Å². The third-order valence-electron chi connectivity index (χ3n) is 3.11. The van der Waals surface area contributed by atoms with E-state index in [1.54, 1.807) is 36.4 Å². The molecule has 2 aromatic rings. The summed E-state index contributed by atoms with van der Waals surface area (Å²) >= 11 is 12.1. The van der Waals surface area contributed by atoms with E-state index in [9.17, 15) is 9.59 Å². The fourth-order valence-electron chi connectivity index (χ4n) is 2.09. The van der Waals surface area contributed by atoms with Crippen LogP contribution in [0.15, 0.2) is 47.6 Å². The normalized spacial score (nSPS) is 19.7. The van der Waals surface area contributed by atoms with Crippen molar-refractivity contribution in [2.45, 2.75) is 5.38 Å². The number of carbonyl (C=O) groups excluding carboxylic acids is 2. The number of rotatable bonds is 1. The van der Waals surface area contributed by atoms with Crippen molar-refractivity contribution in [2.75, 3.05) is 0 Å². The average Bonchev–Trinajstić information content (AvgIpc) is 2.51. The van der Waals surface area contributed by atoms with Gasteiger partial charge >= 0.3 is 0 Å². The van der Waals surface area contributed by atoms with E-state index in [1.807, 2.05) is 0 Å². The molecule has 1 atom stereocenters. The summed E-state index contributed by atoms with van der Waals surface area (Å²) in [6, 6.07) is 9.77. The highest BCUT2D eigenvalue weighted by atomic mass is 35.5. The molecule has 0 spiro atoms. The number of nitrogens with zero attached hydrogens (tertiary/aromatic N) is 2. The second-order valence-electron chi connectivity index (χ2n) is 4.41. The zero-order chi connectivity index (χ0) is 15.0. The lowest BCUT2D eigenvalue weighted by molar-refractivity contribution is 0.0968. The van der Waals surface area contributed by atoms with Crippen LogP contribution in [-0.4, -0.2) is 27.6 Å². The Labute approximate surface area is 130 Å². The molecule has 0 radical (unpaired) electrons. The van der Waals surface area contributed by atoms with Gasteiger partial charge < -0.3 is 0 Å². The van der Waals surface area contributed by atoms with Gasteiger partial charge in [0.2, 0.25) is 5.78 Å². The van der Waals surface area contributed by atoms with Crippen molar-refractivity contribution >= 4 is 46.3 Å². The highest BCUT2D eigenvalue weighted by molar-refractivity contribution is 6.65. The maximum absolute atomic E-state index is 12.5. The maximum atomic E-state index is 12.5. The topological polar surface area (TPSA) is 59.4 Å². The highest BCUT2D eigenvalue weighted by Gasteiger charge is 2.37. The number of fused-ring (bicyclic) bond motifs is 1. The van der Waals surface area contributed by atoms with Gasteiger partial charge in [-0.25, -0.2) is 9.98 Å². The Morgan fingerprint density at radius 3 is 2.48 bits per heavy atom. The monoisotopic (exact) mass is 318 g/mol. The van der Waals surface area contributed by atoms with Gasteiger partial charge in [-0.3, -0.25) is 9.59 Å². The molecule has 0 saturated carbocycles. The first-order chi connectivity index (χ1) is 10.1. The minimum atomic E-state index is -1.13. The molecule has 0 N–H and O–H groups in total. The van der Waals surface area contributed by atoms with Gasteiger partial charge in [0.15, 0.2) is 11.6 Å². The van der Waals surface area contributed by atoms with Crippen molar-refractivity contribution in [3.8, 4) is 0 Å². The standard InChI is InChI=1S/C15H8Cl2N2O2/c16-10-6-3-7-18-15(10)19-12-11(17)13(20)8-4-1-2-5-9(8)14(12)21/h1-7,11H. The first kappa shape index (κ1) is 13.9. The van der Waals surface area contributed by atoms with E-state index in [4.69, 9.17) is 23.2 Å². The lowest BCUT2D eigenvalue weighted by Gasteiger charge is -2.19. The third-order valence-corrected chi connectivity index (χ3v) is 3.81. The van der Waals surface area contributed by atoms with E-state index in [-0.39, 0.29) is 28.1 Å². The average molecular weight is 319 g/mol. The number of pyridine rings is 1. The molecule has 0 bridgehead atoms. The summed E-state index contributed by atoms with van der Waals surface area (Å²) in [7, 11) is 0. The summed E-state index contributed by atoms with van der Waals surface area (Å²) in [6.07, 6.45) is 1.50. The van der Waals surface area contributed by atoms with Crippen molar-refractivity contribution in [3.05, 3.63) is 58.7 Å². The molecule has 1 aliphatic rings. The number of aromatic nitrogens is 1. The third kappa shape index (κ3) is 2.37. The van der Waals surface area contributed by atoms with Gasteiger partial charge in [-0.1, -0.05) is 35.9 Å². The van der Waals surface area contributed by atoms with Crippen molar-refractivity contribution < 1.29 is 9.59 Å². The Balaban J connectivity index is 2.15. The summed E-state index contributed by atoms with van der Waals surface area (Å²) < 4.78 is 0. The number of benzene rings is 1. The van der Waals surface area contributed by atoms with Crippen molar-refractivity contribution in [2.24, 2.45) is 4.99 Å². The second kappa shape index (κ2) is 5.39. The van der Waals surface area contributed by atoms with Crippen molar-refractivity contribution in [3.63, 3.8) is 0 Å². The predicted octanol–water partition coefficient (Wildman–Crippen LogP) is 3.49. The Morgan fingerprint density at radius 2 is 1.76 bits per heavy atom. The molecule has 0 fully saturated rings. The molecule has 21 heavy (non-hydrogen) atoms. The van der Waals surface area contributed by atoms with Crippen molar-refractivity contribution in [1.82, 2.24) is 4.98 Å². The first-order valence-corrected chi connectivity index (χ1v) is 6.92. The van der Waals surface area contributed by atoms with Gasteiger partial charge in [-0.15, -0.1) is 11.6 Å². The Bertz CT molecular complexity index is 787. The Kier molecular flexibility index (Phi) is 3.57. The molecule has 3 rings (SSSR count). The van der Waals surface area contributed by atoms with Crippen LogP contribution in [-0.2, 0) is 0 Å². The van der Waals surface area contributed by atoms with Crippen molar-refractivity contribution in [1.29, 1.82) is 0 Å². The fraction of sp³-hybridized carbons (Fsp3) is 0.0667. The van der Waals surface area contributed by atoms with Crippen LogP contribution in [0.2, 0.25) is 5.02 Å². The van der Waals surface area contributed by atoms with Crippen LogP contribution in [0.1, 0.15) is 20.7 Å². The first-order valence-electron chi connectivity index (χ1n) is 6.10. The molecule has 0 amide bonds. The lowest BCUT2D eigenvalue weighted by atomic mass is 9.88. The zero-order valence-electron chi connectivity index (χ0n) is 10.6. The summed E-state index contributed by atoms with van der Waals surface area (Å²) in [5, 5.41) is -0.849. The molecule has 104 valence electrons. The minimum absolute atomic E-state index is 0.0547. The molecule has 0 aliphatic heterocycles. The number of alkyl halides is 1. The molecular weight excluding hydrogens is 311 g/mol. The van der Waals surface area contributed by atoms with Crippen LogP contribution >= 0.6 is 23.2 Å². The highest BCUT2D eigenvalue weighted by Crippen LogP contribution is 2.27. The molecule has 1 unspecified atom stereocenters. The molecular formula is C15H8Cl2N2O2. The van der Waals surface area contributed by atoms with Gasteiger partial charge in [0, 0.05) is 17.3 Å². The number of halogens is 2. The number of ketones is 2. The van der Waals surface area contributed by atoms with Crippen LogP contribution in [0.25, 0.3) is 0 Å². The molecule has 6 heteroatoms. The van der Waals surface area contributed by atoms with Gasteiger partial charge in [0.1, 0.15) is 11.1 Å². The molecule has 1 aromatic carbocycles. The maximum Gasteiger partial charge on any atom is 0.210 e. The summed E-state index contributed by atoms with van der Waals surface area (Å²) in [4.78, 5) is 32.8. The van der Waals surface area contributed by atoms with E-state index in [2.05, 4.69) is 9.98 Å². The van der Waals surface area contributed by atoms with E-state index in [0.29, 0.717) is 11.1 Å². The number of hydrogen-bond donors (Lipinski definition) is 0. The van der Waals surface area contributed by atoms with E-state index in [1.165, 1.54) is 6.20 Å². The number of carbonyl (C=O) groups is 2. The molecule has 1 aromatic heterocycles. The van der Waals surface area contributed by atoms with Gasteiger partial charge in [0.25, 0.3) is 0 Å². The molecule has 1 heterocycles. The van der Waals surface area contributed by atoms with E-state index < -0.39 is 5.38 Å². The van der Waals surface area contributed by atoms with Crippen LogP contribution < -0.4 is 0 Å². The number of Topliss-reactive ketones (excluding diaryl/α,β-unsaturated/α-hetero) is 2. The molecule has 0 saturated heterocycles. The van der Waals surface area contributed by atoms with Crippen LogP contribution in [0.4, 0.5) is 5.82 Å². The summed E-state index contributed by atoms with van der Waals surface area (Å²) in [6.45, 7) is 0. The SMILES string of the molecule is O=C1C(=Nc2ncccc2Cl)C(Cl)C(=O)c2ccccc21. The zero-order valence-corrected chi connectivity index (χ0v) is 12.1. The van der Waals surface area contributed by atoms with E-state index in [0.717, 1.165) is 0 Å². The molecule has 1 aliphatic carbocycles. The largest absolute Gasteiger partial charge is 0.292 e. The quantitative estimate of drug-likeness (QED) is 0.756. The van der Waals surface area contributed by atoms with Gasteiger partial charge in [-0.05, 0) is 12.1 Å².